The van der Waals surface area contributed by atoms with Crippen LogP contribution >= 0.6 is 0 Å². The third kappa shape index (κ3) is 8.73. The van der Waals surface area contributed by atoms with Gasteiger partial charge in [-0.3, -0.25) is 9.59 Å². The molecule has 0 heterocycles. The first-order chi connectivity index (χ1) is 13.7. The number of nitrogens with two attached hydrogens (primary N) is 1. The molecule has 0 saturated carbocycles. The van der Waals surface area contributed by atoms with Gasteiger partial charge in [0.25, 0.3) is 0 Å². The number of Topliss-reactive ketones (excluding diaryl/α,β-unsaturated/α-hetero) is 1. The van der Waals surface area contributed by atoms with Crippen LogP contribution in [0.25, 0.3) is 0 Å². The van der Waals surface area contributed by atoms with Crippen molar-refractivity contribution in [1.82, 2.24) is 5.32 Å². The van der Waals surface area contributed by atoms with Crippen molar-refractivity contribution in [2.24, 2.45) is 5.73 Å². The van der Waals surface area contributed by atoms with Crippen molar-refractivity contribution in [3.63, 3.8) is 0 Å². The molecular formula is C20H26F3N3O4. The van der Waals surface area contributed by atoms with Crippen molar-refractivity contribution >= 4 is 23.9 Å². The molecule has 0 fully saturated rings. The van der Waals surface area contributed by atoms with Gasteiger partial charge in [0.15, 0.2) is 5.78 Å². The van der Waals surface area contributed by atoms with Crippen molar-refractivity contribution in [3.05, 3.63) is 35.4 Å². The Labute approximate surface area is 172 Å². The highest BCUT2D eigenvalue weighted by Crippen LogP contribution is 2.29. The molecule has 0 spiro atoms. The third-order valence-corrected chi connectivity index (χ3v) is 3.92. The molecular weight excluding hydrogens is 403 g/mol. The summed E-state index contributed by atoms with van der Waals surface area (Å²) >= 11 is 0. The first kappa shape index (κ1) is 25.3. The van der Waals surface area contributed by atoms with E-state index in [1.165, 1.54) is 12.1 Å². The monoisotopic (exact) mass is 429 g/mol. The normalized spacial score (nSPS) is 13.8. The van der Waals surface area contributed by atoms with Gasteiger partial charge in [-0.2, -0.15) is 13.2 Å². The van der Waals surface area contributed by atoms with Gasteiger partial charge in [-0.25, -0.2) is 4.79 Å². The average molecular weight is 429 g/mol. The second-order valence-corrected chi connectivity index (χ2v) is 7.75. The van der Waals surface area contributed by atoms with E-state index in [1.54, 1.807) is 20.8 Å². The van der Waals surface area contributed by atoms with Crippen LogP contribution in [0.3, 0.4) is 0 Å². The van der Waals surface area contributed by atoms with Crippen LogP contribution in [0.4, 0.5) is 13.2 Å². The molecule has 0 aromatic heterocycles. The molecule has 166 valence electrons. The Morgan fingerprint density at radius 3 is 2.20 bits per heavy atom. The van der Waals surface area contributed by atoms with Crippen molar-refractivity contribution in [2.75, 3.05) is 0 Å². The van der Waals surface area contributed by atoms with E-state index in [0.717, 1.165) is 12.1 Å². The molecule has 4 N–H and O–H groups in total. The van der Waals surface area contributed by atoms with Gasteiger partial charge in [-0.15, -0.1) is 0 Å². The van der Waals surface area contributed by atoms with Gasteiger partial charge in [0.1, 0.15) is 11.6 Å². The molecule has 2 atom stereocenters. The second-order valence-electron chi connectivity index (χ2n) is 7.75. The molecule has 1 amide bonds. The first-order valence-corrected chi connectivity index (χ1v) is 9.21. The molecule has 30 heavy (non-hydrogen) atoms. The number of hydrogen-bond donors (Lipinski definition) is 3. The highest BCUT2D eigenvalue weighted by atomic mass is 19.4. The molecule has 0 saturated heterocycles. The van der Waals surface area contributed by atoms with Crippen LogP contribution in [0.1, 0.15) is 44.7 Å². The largest absolute Gasteiger partial charge is 0.458 e. The Morgan fingerprint density at radius 2 is 1.73 bits per heavy atom. The number of benzene rings is 1. The molecule has 0 bridgehead atoms. The van der Waals surface area contributed by atoms with Gasteiger partial charge in [0, 0.05) is 6.42 Å². The summed E-state index contributed by atoms with van der Waals surface area (Å²) in [5.74, 6) is -1.99. The topological polar surface area (TPSA) is 122 Å². The third-order valence-electron chi connectivity index (χ3n) is 3.92. The second kappa shape index (κ2) is 10.3. The van der Waals surface area contributed by atoms with Crippen molar-refractivity contribution in [2.45, 2.75) is 63.9 Å². The minimum atomic E-state index is -4.47. The number of ketones is 1. The van der Waals surface area contributed by atoms with Gasteiger partial charge in [-0.1, -0.05) is 12.1 Å². The zero-order valence-corrected chi connectivity index (χ0v) is 17.0. The molecule has 7 nitrogen and oxygen atoms in total. The summed E-state index contributed by atoms with van der Waals surface area (Å²) in [5.41, 5.74) is 4.62. The molecule has 0 aliphatic rings. The fraction of sp³-hybridized carbons (Fsp3) is 0.500. The predicted molar refractivity (Wildman–Crippen MR) is 104 cm³/mol. The maximum absolute atomic E-state index is 12.6. The number of ether oxygens (including phenoxy) is 1. The lowest BCUT2D eigenvalue weighted by atomic mass is 10.0. The van der Waals surface area contributed by atoms with E-state index in [0.29, 0.717) is 11.8 Å². The number of nitrogens with one attached hydrogen (secondary N) is 2. The number of rotatable bonds is 9. The molecule has 1 rings (SSSR count). The fourth-order valence-corrected chi connectivity index (χ4v) is 2.44. The summed E-state index contributed by atoms with van der Waals surface area (Å²) in [5, 5.41) is 9.35. The number of esters is 1. The minimum absolute atomic E-state index is 0.0512. The Bertz CT molecular complexity index is 771. The lowest BCUT2D eigenvalue weighted by Crippen LogP contribution is -2.50. The van der Waals surface area contributed by atoms with Crippen molar-refractivity contribution < 1.29 is 32.3 Å². The van der Waals surface area contributed by atoms with Crippen molar-refractivity contribution in [3.8, 4) is 0 Å². The van der Waals surface area contributed by atoms with Crippen LogP contribution in [0, 0.1) is 5.41 Å². The van der Waals surface area contributed by atoms with Gasteiger partial charge < -0.3 is 21.2 Å². The summed E-state index contributed by atoms with van der Waals surface area (Å²) in [6, 6.07) is 1.96. The molecule has 0 aliphatic heterocycles. The summed E-state index contributed by atoms with van der Waals surface area (Å²) in [6.45, 7) is 4.93. The van der Waals surface area contributed by atoms with Crippen LogP contribution in [-0.4, -0.2) is 41.6 Å². The maximum Gasteiger partial charge on any atom is 0.416 e. The standard InChI is InChI=1S/C20H26F3N3O4/c1-19(2,3)30-18(29)16(9-8-14(27)11-24)26-17(28)15(25)10-12-4-6-13(7-5-12)20(21,22)23/h4-7,11,15-16,24H,8-10,25H2,1-3H3,(H,26,28)/t15-,16-/m0/s1. The van der Waals surface area contributed by atoms with E-state index in [9.17, 15) is 27.6 Å². The van der Waals surface area contributed by atoms with Gasteiger partial charge in [0.2, 0.25) is 5.91 Å². The number of hydrogen-bond acceptors (Lipinski definition) is 6. The Balaban J connectivity index is 2.81. The first-order valence-electron chi connectivity index (χ1n) is 9.21. The Morgan fingerprint density at radius 1 is 1.17 bits per heavy atom. The Kier molecular flexibility index (Phi) is 8.71. The van der Waals surface area contributed by atoms with Crippen LogP contribution in [0.2, 0.25) is 0 Å². The molecule has 1 aromatic carbocycles. The van der Waals surface area contributed by atoms with Crippen LogP contribution in [-0.2, 0) is 31.7 Å². The summed E-state index contributed by atoms with van der Waals surface area (Å²) in [6.07, 6.45) is -4.13. The lowest BCUT2D eigenvalue weighted by Gasteiger charge is -2.25. The number of carbonyl (C=O) groups is 3. The number of alkyl halides is 3. The van der Waals surface area contributed by atoms with E-state index >= 15 is 0 Å². The van der Waals surface area contributed by atoms with Gasteiger partial charge in [0.05, 0.1) is 17.8 Å². The van der Waals surface area contributed by atoms with E-state index in [1.807, 2.05) is 0 Å². The minimum Gasteiger partial charge on any atom is -0.458 e. The SMILES string of the molecule is CC(C)(C)OC(=O)[C@H](CCC(=O)C=N)NC(=O)[C@@H](N)Cc1ccc(C(F)(F)F)cc1. The van der Waals surface area contributed by atoms with Crippen LogP contribution in [0.15, 0.2) is 24.3 Å². The zero-order chi connectivity index (χ0) is 23.1. The van der Waals surface area contributed by atoms with E-state index in [-0.39, 0.29) is 19.3 Å². The molecule has 1 aromatic rings. The quantitative estimate of drug-likeness (QED) is 0.411. The molecule has 10 heteroatoms. The van der Waals surface area contributed by atoms with E-state index in [4.69, 9.17) is 15.9 Å². The summed E-state index contributed by atoms with van der Waals surface area (Å²) in [7, 11) is 0. The lowest BCUT2D eigenvalue weighted by molar-refractivity contribution is -0.159. The number of halogens is 3. The highest BCUT2D eigenvalue weighted by Gasteiger charge is 2.31. The van der Waals surface area contributed by atoms with Crippen molar-refractivity contribution in [1.29, 1.82) is 5.41 Å². The van der Waals surface area contributed by atoms with Crippen LogP contribution < -0.4 is 11.1 Å². The van der Waals surface area contributed by atoms with Gasteiger partial charge in [-0.05, 0) is 51.3 Å². The van der Waals surface area contributed by atoms with Gasteiger partial charge >= 0.3 is 12.1 Å². The van der Waals surface area contributed by atoms with E-state index in [2.05, 4.69) is 5.32 Å². The molecule has 0 unspecified atom stereocenters. The highest BCUT2D eigenvalue weighted by molar-refractivity contribution is 6.26. The van der Waals surface area contributed by atoms with Crippen LogP contribution in [0.5, 0.6) is 0 Å². The smallest absolute Gasteiger partial charge is 0.416 e. The Hall–Kier alpha value is -2.75. The number of amides is 1. The maximum atomic E-state index is 12.6. The number of carbonyl (C=O) groups excluding carboxylic acids is 3. The predicted octanol–water partition coefficient (Wildman–Crippen LogP) is 2.40. The molecule has 0 radical (unpaired) electrons. The fourth-order valence-electron chi connectivity index (χ4n) is 2.44. The average Bonchev–Trinajstić information content (AvgIpc) is 2.62. The van der Waals surface area contributed by atoms with E-state index < -0.39 is 47.1 Å². The summed E-state index contributed by atoms with van der Waals surface area (Å²) in [4.78, 5) is 36.1. The molecule has 0 aliphatic carbocycles. The zero-order valence-electron chi connectivity index (χ0n) is 17.0. The summed E-state index contributed by atoms with van der Waals surface area (Å²) < 4.78 is 43.1.